The standard InChI is InChI=1S/C33H32NO.C15H28O2.Ir/c1-32(2,3)18-21-11-9-13-23-24-14-15-34-30-26-16-20-10-7-8-12-22(20)27(19-33(4,5)6)31(26)35-28(29(24)30)17-25(21)23;1-7-14(5,8-2)12(16)11-13(17)15(6,9-3)10-4;/h7-15,17H,18-19H2,1-6H3;11,16H,7-10H2,1-6H3;/q-1;;/b;12-11-;. The molecule has 1 N–H and O–H groups in total. The minimum atomic E-state index is -0.337. The molecule has 4 nitrogen and oxygen atoms in total. The normalized spacial score (nSPS) is 13.2. The number of carbonyl (C=O) groups is 1. The zero-order valence-corrected chi connectivity index (χ0v) is 36.5. The largest absolute Gasteiger partial charge is 0.512 e. The van der Waals surface area contributed by atoms with Crippen LogP contribution < -0.4 is 4.74 Å². The molecule has 0 aliphatic carbocycles. The number of ether oxygens (including phenoxy) is 1. The van der Waals surface area contributed by atoms with Crippen molar-refractivity contribution in [3.8, 4) is 22.8 Å². The minimum absolute atomic E-state index is 0. The smallest absolute Gasteiger partial charge is 0.164 e. The van der Waals surface area contributed by atoms with Gasteiger partial charge in [0.1, 0.15) is 11.5 Å². The molecule has 0 spiro atoms. The first-order valence-corrected chi connectivity index (χ1v) is 19.3. The molecule has 6 rings (SSSR count). The van der Waals surface area contributed by atoms with E-state index in [1.165, 1.54) is 38.7 Å². The van der Waals surface area contributed by atoms with Crippen molar-refractivity contribution >= 4 is 38.1 Å². The quantitative estimate of drug-likeness (QED) is 0.0680. The summed E-state index contributed by atoms with van der Waals surface area (Å²) in [6, 6.07) is 23.3. The van der Waals surface area contributed by atoms with E-state index in [9.17, 15) is 9.90 Å². The molecule has 1 radical (unpaired) electrons. The van der Waals surface area contributed by atoms with Gasteiger partial charge in [0.15, 0.2) is 5.78 Å². The summed E-state index contributed by atoms with van der Waals surface area (Å²) >= 11 is 0. The van der Waals surface area contributed by atoms with Crippen molar-refractivity contribution in [1.29, 1.82) is 0 Å². The molecule has 5 aromatic rings. The molecule has 53 heavy (non-hydrogen) atoms. The number of pyridine rings is 1. The van der Waals surface area contributed by atoms with Gasteiger partial charge in [0, 0.05) is 54.3 Å². The van der Waals surface area contributed by atoms with Crippen LogP contribution in [0.2, 0.25) is 0 Å². The Hall–Kier alpha value is -3.53. The number of hydrogen-bond acceptors (Lipinski definition) is 4. The van der Waals surface area contributed by atoms with Crippen LogP contribution in [0.25, 0.3) is 43.6 Å². The van der Waals surface area contributed by atoms with Crippen LogP contribution in [0.15, 0.2) is 72.6 Å². The van der Waals surface area contributed by atoms with E-state index in [1.807, 2.05) is 47.7 Å². The van der Waals surface area contributed by atoms with Gasteiger partial charge in [-0.25, -0.2) is 0 Å². The van der Waals surface area contributed by atoms with Gasteiger partial charge in [-0.15, -0.1) is 17.5 Å². The van der Waals surface area contributed by atoms with Gasteiger partial charge in [-0.1, -0.05) is 136 Å². The summed E-state index contributed by atoms with van der Waals surface area (Å²) in [4.78, 5) is 17.1. The van der Waals surface area contributed by atoms with Crippen LogP contribution in [0.1, 0.15) is 120 Å². The number of rotatable bonds is 9. The van der Waals surface area contributed by atoms with Gasteiger partial charge in [0.05, 0.1) is 5.75 Å². The van der Waals surface area contributed by atoms with Crippen LogP contribution in [0.5, 0.6) is 11.5 Å². The third-order valence-corrected chi connectivity index (χ3v) is 11.5. The van der Waals surface area contributed by atoms with Crippen molar-refractivity contribution in [3.63, 3.8) is 0 Å². The van der Waals surface area contributed by atoms with Gasteiger partial charge in [-0.2, -0.15) is 0 Å². The molecule has 4 aromatic carbocycles. The van der Waals surface area contributed by atoms with Gasteiger partial charge in [0.2, 0.25) is 0 Å². The number of aliphatic hydroxyl groups is 1. The minimum Gasteiger partial charge on any atom is -0.512 e. The number of benzene rings is 4. The van der Waals surface area contributed by atoms with E-state index in [0.29, 0.717) is 0 Å². The van der Waals surface area contributed by atoms with Crippen LogP contribution in [0.4, 0.5) is 0 Å². The molecule has 0 unspecified atom stereocenters. The van der Waals surface area contributed by atoms with Gasteiger partial charge in [-0.3, -0.25) is 9.78 Å². The molecule has 5 heteroatoms. The second-order valence-corrected chi connectivity index (χ2v) is 17.8. The third-order valence-electron chi connectivity index (χ3n) is 11.5. The molecule has 0 fully saturated rings. The van der Waals surface area contributed by atoms with Gasteiger partial charge >= 0.3 is 0 Å². The number of aliphatic hydroxyl groups excluding tert-OH is 1. The summed E-state index contributed by atoms with van der Waals surface area (Å²) in [5.41, 5.74) is 4.27. The second kappa shape index (κ2) is 16.1. The Balaban J connectivity index is 0.000000299. The number of aromatic nitrogens is 1. The van der Waals surface area contributed by atoms with Gasteiger partial charge in [-0.05, 0) is 83.2 Å². The van der Waals surface area contributed by atoms with Crippen LogP contribution in [-0.2, 0) is 37.7 Å². The molecular weight excluding hydrogens is 831 g/mol. The molecule has 0 atom stereocenters. The van der Waals surface area contributed by atoms with E-state index in [2.05, 4.69) is 102 Å². The molecule has 0 bridgehead atoms. The summed E-state index contributed by atoms with van der Waals surface area (Å²) in [5.74, 6) is 2.11. The summed E-state index contributed by atoms with van der Waals surface area (Å²) in [6.45, 7) is 25.8. The zero-order chi connectivity index (χ0) is 38.2. The monoisotopic (exact) mass is 891 g/mol. The molecule has 1 aliphatic heterocycles. The molecule has 0 saturated carbocycles. The average molecular weight is 891 g/mol. The second-order valence-electron chi connectivity index (χ2n) is 17.8. The van der Waals surface area contributed by atoms with E-state index in [-0.39, 0.29) is 53.3 Å². The predicted molar refractivity (Wildman–Crippen MR) is 221 cm³/mol. The Morgan fingerprint density at radius 2 is 1.36 bits per heavy atom. The maximum Gasteiger partial charge on any atom is 0.164 e. The maximum atomic E-state index is 12.2. The molecule has 0 amide bonds. The first-order valence-electron chi connectivity index (χ1n) is 19.3. The fourth-order valence-electron chi connectivity index (χ4n) is 7.25. The predicted octanol–water partition coefficient (Wildman–Crippen LogP) is 13.9. The first-order chi connectivity index (χ1) is 24.4. The number of hydrogen-bond donors (Lipinski definition) is 1. The first kappa shape index (κ1) is 42.2. The topological polar surface area (TPSA) is 59.4 Å². The third kappa shape index (κ3) is 8.73. The number of allylic oxidation sites excluding steroid dienone is 2. The van der Waals surface area contributed by atoms with Crippen LogP contribution in [-0.4, -0.2) is 15.9 Å². The molecule has 0 saturated heterocycles. The Kier molecular flexibility index (Phi) is 12.8. The van der Waals surface area contributed by atoms with Gasteiger partial charge < -0.3 is 9.84 Å². The summed E-state index contributed by atoms with van der Waals surface area (Å²) in [7, 11) is 0. The number of nitrogens with zero attached hydrogens (tertiary/aromatic N) is 1. The average Bonchev–Trinajstić information content (AvgIpc) is 3.10. The van der Waals surface area contributed by atoms with Crippen molar-refractivity contribution in [2.75, 3.05) is 0 Å². The molecule has 285 valence electrons. The van der Waals surface area contributed by atoms with Crippen molar-refractivity contribution in [3.05, 3.63) is 89.8 Å². The Morgan fingerprint density at radius 1 is 0.755 bits per heavy atom. The van der Waals surface area contributed by atoms with E-state index in [4.69, 9.17) is 9.72 Å². The SMILES string of the molecule is CC(C)(C)Cc1c2c([c-]c3ccccc13)-c1nccc3c1c(cc1c(CC(C)(C)C)cccc13)O2.CCC(C)(CC)C(=O)/C=C(\O)C(C)(CC)CC.[Ir]. The maximum absolute atomic E-state index is 12.2. The van der Waals surface area contributed by atoms with Crippen molar-refractivity contribution in [2.45, 2.75) is 122 Å². The van der Waals surface area contributed by atoms with Gasteiger partial charge in [0.25, 0.3) is 0 Å². The zero-order valence-electron chi connectivity index (χ0n) is 34.1. The van der Waals surface area contributed by atoms with Crippen molar-refractivity contribution in [1.82, 2.24) is 4.98 Å². The summed E-state index contributed by atoms with van der Waals surface area (Å²) in [5, 5.41) is 17.3. The number of carbonyl (C=O) groups excluding carboxylic acids is 1. The summed E-state index contributed by atoms with van der Waals surface area (Å²) < 4.78 is 6.86. The van der Waals surface area contributed by atoms with Crippen LogP contribution in [0, 0.1) is 27.7 Å². The van der Waals surface area contributed by atoms with E-state index < -0.39 is 0 Å². The van der Waals surface area contributed by atoms with Crippen LogP contribution in [0.3, 0.4) is 0 Å². The summed E-state index contributed by atoms with van der Waals surface area (Å²) in [6.07, 6.45) is 8.62. The van der Waals surface area contributed by atoms with Crippen LogP contribution >= 0.6 is 0 Å². The number of fused-ring (bicyclic) bond motifs is 5. The molecular formula is C48H60IrNO3-. The van der Waals surface area contributed by atoms with E-state index >= 15 is 0 Å². The Bertz CT molecular complexity index is 2140. The number of ketones is 1. The van der Waals surface area contributed by atoms with E-state index in [0.717, 1.165) is 72.1 Å². The van der Waals surface area contributed by atoms with Crippen molar-refractivity contribution < 1.29 is 34.7 Å². The van der Waals surface area contributed by atoms with Crippen molar-refractivity contribution in [2.24, 2.45) is 21.7 Å². The fraction of sp³-hybridized carbons (Fsp3) is 0.458. The Morgan fingerprint density at radius 3 is 1.96 bits per heavy atom. The fourth-order valence-corrected chi connectivity index (χ4v) is 7.25. The molecule has 1 aromatic heterocycles. The molecule has 2 heterocycles. The Labute approximate surface area is 332 Å². The molecule has 1 aliphatic rings. The van der Waals surface area contributed by atoms with E-state index in [1.54, 1.807) is 0 Å².